The number of piperazine rings is 1. The van der Waals surface area contributed by atoms with Gasteiger partial charge in [-0.3, -0.25) is 0 Å². The fourth-order valence-corrected chi connectivity index (χ4v) is 6.04. The number of aliphatic hydroxyl groups excluding tert-OH is 1. The van der Waals surface area contributed by atoms with Crippen LogP contribution in [0, 0.1) is 16.7 Å². The molecule has 0 aromatic heterocycles. The fraction of sp³-hybridized carbons (Fsp3) is 0.720. The third-order valence-corrected chi connectivity index (χ3v) is 8.75. The summed E-state index contributed by atoms with van der Waals surface area (Å²) in [5.74, 6) is 0.736. The summed E-state index contributed by atoms with van der Waals surface area (Å²) in [7, 11) is 0. The van der Waals surface area contributed by atoms with E-state index in [2.05, 4.69) is 56.3 Å². The number of hydrogen-bond donors (Lipinski definition) is 3. The van der Waals surface area contributed by atoms with E-state index < -0.39 is 6.10 Å². The van der Waals surface area contributed by atoms with Gasteiger partial charge in [-0.15, -0.1) is 0 Å². The van der Waals surface area contributed by atoms with Gasteiger partial charge in [0.1, 0.15) is 45.4 Å². The van der Waals surface area contributed by atoms with Crippen LogP contribution < -0.4 is 9.80 Å². The standard InChI is InChI=1S/C25H39N3O2/c1-24(2)21-9-11-25(24,3)23(17-21)26-30-19-22(29)18-28-15-13-27(14-16-28)12-10-20-7-5-4-6-8-20/h4-8,21-22,29H,9-19H2,1-3H3/p+2/b26-23-/t21-,22+,25-/m0/s1. The van der Waals surface area contributed by atoms with E-state index in [1.807, 2.05) is 0 Å². The molecule has 166 valence electrons. The van der Waals surface area contributed by atoms with Gasteiger partial charge in [0.2, 0.25) is 0 Å². The highest BCUT2D eigenvalue weighted by atomic mass is 16.6. The molecule has 3 atom stereocenters. The van der Waals surface area contributed by atoms with Crippen LogP contribution in [-0.4, -0.2) is 62.8 Å². The Kier molecular flexibility index (Phi) is 6.52. The maximum absolute atomic E-state index is 10.5. The predicted molar refractivity (Wildman–Crippen MR) is 120 cm³/mol. The normalized spacial score (nSPS) is 34.9. The third-order valence-electron chi connectivity index (χ3n) is 8.75. The van der Waals surface area contributed by atoms with Crippen molar-refractivity contribution in [2.24, 2.45) is 21.9 Å². The van der Waals surface area contributed by atoms with Crippen molar-refractivity contribution >= 4 is 5.71 Å². The van der Waals surface area contributed by atoms with Gasteiger partial charge in [-0.25, -0.2) is 0 Å². The molecule has 1 heterocycles. The maximum Gasteiger partial charge on any atom is 0.148 e. The lowest BCUT2D eigenvalue weighted by Crippen LogP contribution is -3.28. The highest BCUT2D eigenvalue weighted by Crippen LogP contribution is 2.63. The van der Waals surface area contributed by atoms with E-state index >= 15 is 0 Å². The summed E-state index contributed by atoms with van der Waals surface area (Å²) in [5.41, 5.74) is 3.15. The maximum atomic E-state index is 10.5. The van der Waals surface area contributed by atoms with Gasteiger partial charge in [0.05, 0.1) is 12.3 Å². The number of benzene rings is 1. The van der Waals surface area contributed by atoms with Crippen LogP contribution in [0.1, 0.15) is 45.6 Å². The van der Waals surface area contributed by atoms with Crippen LogP contribution in [0.15, 0.2) is 35.5 Å². The first-order valence-electron chi connectivity index (χ1n) is 12.0. The molecule has 3 N–H and O–H groups in total. The number of quaternary nitrogens is 2. The molecule has 1 aromatic rings. The summed E-state index contributed by atoms with van der Waals surface area (Å²) < 4.78 is 0. The molecule has 1 saturated heterocycles. The van der Waals surface area contributed by atoms with Crippen LogP contribution in [0.2, 0.25) is 0 Å². The SMILES string of the molecule is CC1(C)[C@H]2CC[C@@]1(C)/C(=N\OC[C@H](O)C[NH+]1CC[NH+](CCc3ccccc3)CC1)C2. The number of nitrogens with one attached hydrogen (secondary N) is 2. The van der Waals surface area contributed by atoms with E-state index in [0.29, 0.717) is 12.0 Å². The molecule has 2 bridgehead atoms. The summed E-state index contributed by atoms with van der Waals surface area (Å²) in [6.45, 7) is 14.0. The molecular formula is C25H41N3O2+2. The number of aliphatic hydroxyl groups is 1. The minimum absolute atomic E-state index is 0.173. The van der Waals surface area contributed by atoms with Crippen LogP contribution >= 0.6 is 0 Å². The number of oxime groups is 1. The third kappa shape index (κ3) is 4.44. The second-order valence-corrected chi connectivity index (χ2v) is 10.7. The Morgan fingerprint density at radius 2 is 1.80 bits per heavy atom. The Labute approximate surface area is 182 Å². The molecule has 5 heteroatoms. The monoisotopic (exact) mass is 415 g/mol. The van der Waals surface area contributed by atoms with Crippen molar-refractivity contribution in [2.75, 3.05) is 45.9 Å². The summed E-state index contributed by atoms with van der Waals surface area (Å²) in [6.07, 6.45) is 4.32. The van der Waals surface area contributed by atoms with Gasteiger partial charge in [0.25, 0.3) is 0 Å². The first-order valence-corrected chi connectivity index (χ1v) is 12.0. The Hall–Kier alpha value is -1.43. The lowest BCUT2D eigenvalue weighted by Gasteiger charge is -2.34. The molecule has 0 unspecified atom stereocenters. The van der Waals surface area contributed by atoms with E-state index in [1.165, 1.54) is 48.7 Å². The van der Waals surface area contributed by atoms with E-state index in [0.717, 1.165) is 38.4 Å². The van der Waals surface area contributed by atoms with Gasteiger partial charge in [0.15, 0.2) is 0 Å². The van der Waals surface area contributed by atoms with Gasteiger partial charge in [-0.05, 0) is 36.2 Å². The zero-order valence-corrected chi connectivity index (χ0v) is 19.1. The Morgan fingerprint density at radius 1 is 1.10 bits per heavy atom. The molecule has 1 aliphatic heterocycles. The average molecular weight is 416 g/mol. The van der Waals surface area contributed by atoms with E-state index in [1.54, 1.807) is 4.90 Å². The van der Waals surface area contributed by atoms with Crippen LogP contribution in [0.5, 0.6) is 0 Å². The van der Waals surface area contributed by atoms with Gasteiger partial charge in [-0.1, -0.05) is 56.3 Å². The van der Waals surface area contributed by atoms with Crippen molar-refractivity contribution in [3.05, 3.63) is 35.9 Å². The summed E-state index contributed by atoms with van der Waals surface area (Å²) in [4.78, 5) is 8.84. The van der Waals surface area contributed by atoms with Crippen molar-refractivity contribution in [1.29, 1.82) is 0 Å². The molecule has 5 nitrogen and oxygen atoms in total. The first kappa shape index (κ1) is 21.8. The zero-order valence-electron chi connectivity index (χ0n) is 19.1. The largest absolute Gasteiger partial charge is 0.393 e. The Bertz CT molecular complexity index is 727. The Morgan fingerprint density at radius 3 is 2.43 bits per heavy atom. The van der Waals surface area contributed by atoms with Crippen molar-refractivity contribution in [3.8, 4) is 0 Å². The zero-order chi connectivity index (χ0) is 21.2. The second kappa shape index (κ2) is 8.97. The Balaban J connectivity index is 1.15. The number of nitrogens with zero attached hydrogens (tertiary/aromatic N) is 1. The summed E-state index contributed by atoms with van der Waals surface area (Å²) >= 11 is 0. The fourth-order valence-electron chi connectivity index (χ4n) is 6.04. The van der Waals surface area contributed by atoms with Crippen LogP contribution in [-0.2, 0) is 11.3 Å². The lowest BCUT2D eigenvalue weighted by molar-refractivity contribution is -1.01. The quantitative estimate of drug-likeness (QED) is 0.545. The van der Waals surface area contributed by atoms with Crippen molar-refractivity contribution in [2.45, 2.75) is 52.6 Å². The molecule has 30 heavy (non-hydrogen) atoms. The second-order valence-electron chi connectivity index (χ2n) is 10.7. The average Bonchev–Trinajstić information content (AvgIpc) is 3.08. The predicted octanol–water partition coefficient (Wildman–Crippen LogP) is 0.592. The number of hydrogen-bond acceptors (Lipinski definition) is 3. The topological polar surface area (TPSA) is 50.7 Å². The van der Waals surface area contributed by atoms with Crippen LogP contribution in [0.25, 0.3) is 0 Å². The number of fused-ring (bicyclic) bond motifs is 2. The van der Waals surface area contributed by atoms with Crippen LogP contribution in [0.3, 0.4) is 0 Å². The molecule has 2 saturated carbocycles. The molecule has 2 aliphatic carbocycles. The lowest BCUT2D eigenvalue weighted by atomic mass is 9.70. The van der Waals surface area contributed by atoms with Gasteiger partial charge < -0.3 is 19.7 Å². The smallest absolute Gasteiger partial charge is 0.148 e. The molecule has 3 fully saturated rings. The number of rotatable bonds is 8. The minimum atomic E-state index is -0.436. The molecule has 0 spiro atoms. The summed E-state index contributed by atoms with van der Waals surface area (Å²) in [6, 6.07) is 10.8. The van der Waals surface area contributed by atoms with E-state index in [4.69, 9.17) is 4.84 Å². The van der Waals surface area contributed by atoms with E-state index in [9.17, 15) is 5.11 Å². The van der Waals surface area contributed by atoms with Gasteiger partial charge in [-0.2, -0.15) is 0 Å². The minimum Gasteiger partial charge on any atom is -0.393 e. The molecule has 4 rings (SSSR count). The molecule has 0 radical (unpaired) electrons. The van der Waals surface area contributed by atoms with Crippen molar-refractivity contribution in [3.63, 3.8) is 0 Å². The van der Waals surface area contributed by atoms with Gasteiger partial charge in [0, 0.05) is 11.8 Å². The molecule has 3 aliphatic rings. The molecule has 0 amide bonds. The highest BCUT2D eigenvalue weighted by Gasteiger charge is 2.60. The molecule has 1 aromatic carbocycles. The first-order chi connectivity index (χ1) is 14.4. The van der Waals surface area contributed by atoms with E-state index in [-0.39, 0.29) is 5.41 Å². The highest BCUT2D eigenvalue weighted by molar-refractivity contribution is 5.93. The van der Waals surface area contributed by atoms with Crippen LogP contribution in [0.4, 0.5) is 0 Å². The molecular weight excluding hydrogens is 374 g/mol. The van der Waals surface area contributed by atoms with Gasteiger partial charge >= 0.3 is 0 Å². The van der Waals surface area contributed by atoms with Crippen molar-refractivity contribution in [1.82, 2.24) is 0 Å². The van der Waals surface area contributed by atoms with Crippen molar-refractivity contribution < 1.29 is 19.7 Å². The summed E-state index contributed by atoms with van der Waals surface area (Å²) in [5, 5.41) is 15.0.